The maximum Gasteiger partial charge on any atom is 0.336 e. The molecule has 0 aliphatic heterocycles. The number of fused-ring (bicyclic) bond motifs is 2. The van der Waals surface area contributed by atoms with Crippen molar-refractivity contribution in [3.05, 3.63) is 62.5 Å². The van der Waals surface area contributed by atoms with Crippen LogP contribution < -0.4 is 0 Å². The summed E-state index contributed by atoms with van der Waals surface area (Å²) < 4.78 is 6.73. The molecule has 0 fully saturated rings. The van der Waals surface area contributed by atoms with Gasteiger partial charge in [0.25, 0.3) is 0 Å². The van der Waals surface area contributed by atoms with Gasteiger partial charge in [0.2, 0.25) is 0 Å². The predicted molar refractivity (Wildman–Crippen MR) is 102 cm³/mol. The van der Waals surface area contributed by atoms with Crippen LogP contribution in [0.1, 0.15) is 10.4 Å². The Morgan fingerprint density at radius 2 is 1.92 bits per heavy atom. The number of rotatable bonds is 2. The minimum absolute atomic E-state index is 0.0611. The van der Waals surface area contributed by atoms with Gasteiger partial charge in [-0.2, -0.15) is 0 Å². The maximum atomic E-state index is 11.7. The van der Waals surface area contributed by atoms with E-state index in [0.29, 0.717) is 33.0 Å². The van der Waals surface area contributed by atoms with Crippen LogP contribution in [0.3, 0.4) is 0 Å². The molecule has 124 valence electrons. The Balaban J connectivity index is 2.02. The molecule has 0 atom stereocenters. The molecule has 0 aliphatic rings. The van der Waals surface area contributed by atoms with E-state index in [0.717, 1.165) is 9.86 Å². The molecule has 2 heterocycles. The summed E-state index contributed by atoms with van der Waals surface area (Å²) in [6.45, 7) is 0. The lowest BCUT2D eigenvalue weighted by atomic mass is 10.1. The summed E-state index contributed by atoms with van der Waals surface area (Å²) in [6, 6.07) is 11.9. The molecule has 25 heavy (non-hydrogen) atoms. The lowest BCUT2D eigenvalue weighted by Gasteiger charge is -2.07. The summed E-state index contributed by atoms with van der Waals surface area (Å²) >= 11 is 15.6. The van der Waals surface area contributed by atoms with Crippen molar-refractivity contribution in [2.75, 3.05) is 0 Å². The van der Waals surface area contributed by atoms with Crippen LogP contribution in [0.4, 0.5) is 0 Å². The fraction of sp³-hybridized carbons (Fsp3) is 0. The molecule has 0 spiro atoms. The van der Waals surface area contributed by atoms with E-state index in [1.807, 2.05) is 24.3 Å². The molecule has 0 unspecified atom stereocenters. The molecule has 1 N–H and O–H groups in total. The first-order valence-corrected chi connectivity index (χ1v) is 8.70. The Morgan fingerprint density at radius 1 is 1.12 bits per heavy atom. The summed E-state index contributed by atoms with van der Waals surface area (Å²) in [7, 11) is 0. The topological polar surface area (TPSA) is 63.3 Å². The molecule has 2 aromatic carbocycles. The van der Waals surface area contributed by atoms with Crippen LogP contribution in [0.15, 0.2) is 51.4 Å². The number of hydrogen-bond acceptors (Lipinski definition) is 3. The molecule has 0 radical (unpaired) electrons. The smallest absolute Gasteiger partial charge is 0.336 e. The van der Waals surface area contributed by atoms with Crippen molar-refractivity contribution in [2.45, 2.75) is 0 Å². The van der Waals surface area contributed by atoms with Crippen LogP contribution in [0.2, 0.25) is 10.0 Å². The van der Waals surface area contributed by atoms with Crippen LogP contribution in [0.5, 0.6) is 0 Å². The van der Waals surface area contributed by atoms with E-state index in [-0.39, 0.29) is 10.6 Å². The van der Waals surface area contributed by atoms with Gasteiger partial charge in [0.15, 0.2) is 5.76 Å². The zero-order chi connectivity index (χ0) is 17.7. The van der Waals surface area contributed by atoms with E-state index in [1.54, 1.807) is 6.07 Å². The molecular weight excluding hydrogens is 429 g/mol. The van der Waals surface area contributed by atoms with E-state index in [4.69, 9.17) is 27.6 Å². The minimum Gasteiger partial charge on any atom is -0.478 e. The van der Waals surface area contributed by atoms with Gasteiger partial charge in [0.1, 0.15) is 11.3 Å². The van der Waals surface area contributed by atoms with Crippen molar-refractivity contribution in [2.24, 2.45) is 0 Å². The summed E-state index contributed by atoms with van der Waals surface area (Å²) in [4.78, 5) is 16.2. The number of pyridine rings is 1. The summed E-state index contributed by atoms with van der Waals surface area (Å²) in [5, 5.41) is 11.5. The highest BCUT2D eigenvalue weighted by atomic mass is 79.9. The number of halogens is 3. The fourth-order valence-electron chi connectivity index (χ4n) is 2.70. The summed E-state index contributed by atoms with van der Waals surface area (Å²) in [5.41, 5.74) is 1.49. The Morgan fingerprint density at radius 3 is 2.68 bits per heavy atom. The Hall–Kier alpha value is -2.08. The standard InChI is InChI=1S/C18H8BrCl2NO3/c19-9-1-2-15-8(3-9)4-16(25-15)14-7-12(18(23)24)11-5-10(20)6-13(21)17(11)22-14/h1-7H,(H,23,24). The van der Waals surface area contributed by atoms with Gasteiger partial charge < -0.3 is 9.52 Å². The third kappa shape index (κ3) is 2.88. The quantitative estimate of drug-likeness (QED) is 0.394. The van der Waals surface area contributed by atoms with Gasteiger partial charge in [-0.3, -0.25) is 0 Å². The molecule has 0 saturated heterocycles. The average Bonchev–Trinajstić information content (AvgIpc) is 2.96. The Kier molecular flexibility index (Phi) is 3.95. The monoisotopic (exact) mass is 435 g/mol. The van der Waals surface area contributed by atoms with E-state index < -0.39 is 5.97 Å². The van der Waals surface area contributed by atoms with E-state index in [9.17, 15) is 9.90 Å². The molecule has 4 rings (SSSR count). The van der Waals surface area contributed by atoms with Crippen molar-refractivity contribution in [3.8, 4) is 11.5 Å². The average molecular weight is 437 g/mol. The number of benzene rings is 2. The van der Waals surface area contributed by atoms with Crippen LogP contribution in [-0.2, 0) is 0 Å². The number of nitrogens with zero attached hydrogens (tertiary/aromatic N) is 1. The second-order valence-electron chi connectivity index (χ2n) is 5.44. The van der Waals surface area contributed by atoms with Gasteiger partial charge in [-0.05, 0) is 42.5 Å². The highest BCUT2D eigenvalue weighted by molar-refractivity contribution is 9.10. The normalized spacial score (nSPS) is 11.3. The van der Waals surface area contributed by atoms with Gasteiger partial charge in [-0.15, -0.1) is 0 Å². The minimum atomic E-state index is -1.09. The van der Waals surface area contributed by atoms with Crippen LogP contribution >= 0.6 is 39.1 Å². The van der Waals surface area contributed by atoms with Gasteiger partial charge in [0.05, 0.1) is 16.1 Å². The van der Waals surface area contributed by atoms with Crippen LogP contribution in [0.25, 0.3) is 33.3 Å². The number of carboxylic acid groups (broad SMARTS) is 1. The number of carboxylic acids is 1. The lowest BCUT2D eigenvalue weighted by molar-refractivity contribution is 0.0699. The zero-order valence-corrected chi connectivity index (χ0v) is 15.5. The first-order chi connectivity index (χ1) is 11.9. The fourth-order valence-corrected chi connectivity index (χ4v) is 3.61. The number of furan rings is 1. The second-order valence-corrected chi connectivity index (χ2v) is 7.20. The van der Waals surface area contributed by atoms with Crippen molar-refractivity contribution in [1.29, 1.82) is 0 Å². The third-order valence-corrected chi connectivity index (χ3v) is 4.79. The summed E-state index contributed by atoms with van der Waals surface area (Å²) in [6.07, 6.45) is 0. The molecule has 7 heteroatoms. The number of aromatic nitrogens is 1. The van der Waals surface area contributed by atoms with Crippen LogP contribution in [0, 0.1) is 0 Å². The summed E-state index contributed by atoms with van der Waals surface area (Å²) in [5.74, 6) is -0.630. The Labute approximate surface area is 160 Å². The van der Waals surface area contributed by atoms with Crippen LogP contribution in [-0.4, -0.2) is 16.1 Å². The largest absolute Gasteiger partial charge is 0.478 e. The van der Waals surface area contributed by atoms with Crippen molar-refractivity contribution in [1.82, 2.24) is 4.98 Å². The molecule has 2 aromatic heterocycles. The molecule has 4 aromatic rings. The number of hydrogen-bond donors (Lipinski definition) is 1. The molecule has 4 nitrogen and oxygen atoms in total. The SMILES string of the molecule is O=C(O)c1cc(-c2cc3cc(Br)ccc3o2)nc2c(Cl)cc(Cl)cc12. The highest BCUT2D eigenvalue weighted by Crippen LogP contribution is 2.34. The predicted octanol–water partition coefficient (Wildman–Crippen LogP) is 6.42. The van der Waals surface area contributed by atoms with Crippen molar-refractivity contribution >= 4 is 67.0 Å². The van der Waals surface area contributed by atoms with Gasteiger partial charge in [-0.25, -0.2) is 9.78 Å². The highest BCUT2D eigenvalue weighted by Gasteiger charge is 2.17. The lowest BCUT2D eigenvalue weighted by Crippen LogP contribution is -2.00. The first kappa shape index (κ1) is 16.4. The van der Waals surface area contributed by atoms with Gasteiger partial charge >= 0.3 is 5.97 Å². The van der Waals surface area contributed by atoms with E-state index in [1.165, 1.54) is 12.1 Å². The molecular formula is C18H8BrCl2NO3. The molecule has 0 aliphatic carbocycles. The van der Waals surface area contributed by atoms with E-state index in [2.05, 4.69) is 20.9 Å². The zero-order valence-electron chi connectivity index (χ0n) is 12.4. The van der Waals surface area contributed by atoms with Crippen molar-refractivity contribution in [3.63, 3.8) is 0 Å². The van der Waals surface area contributed by atoms with Gasteiger partial charge in [-0.1, -0.05) is 39.1 Å². The third-order valence-electron chi connectivity index (χ3n) is 3.79. The molecule has 0 amide bonds. The number of aromatic carboxylic acids is 1. The molecule has 0 bridgehead atoms. The Bertz CT molecular complexity index is 1170. The maximum absolute atomic E-state index is 11.7. The number of carbonyl (C=O) groups is 1. The second kappa shape index (κ2) is 6.02. The first-order valence-electron chi connectivity index (χ1n) is 7.15. The molecule has 0 saturated carbocycles. The van der Waals surface area contributed by atoms with Gasteiger partial charge in [0, 0.05) is 20.3 Å². The van der Waals surface area contributed by atoms with E-state index >= 15 is 0 Å². The van der Waals surface area contributed by atoms with Crippen molar-refractivity contribution < 1.29 is 14.3 Å².